The summed E-state index contributed by atoms with van der Waals surface area (Å²) in [6, 6.07) is 5.88. The second-order valence-corrected chi connectivity index (χ2v) is 33.7. The minimum absolute atomic E-state index is 0.0132. The second kappa shape index (κ2) is 7.57. The van der Waals surface area contributed by atoms with E-state index in [4.69, 9.17) is 0 Å². The normalized spacial score (nSPS) is 45.7. The van der Waals surface area contributed by atoms with Crippen LogP contribution in [0, 0.1) is 23.7 Å². The molecule has 0 bridgehead atoms. The van der Waals surface area contributed by atoms with Crippen molar-refractivity contribution in [3.8, 4) is 11.1 Å². The Hall–Kier alpha value is -5.37. The van der Waals surface area contributed by atoms with Gasteiger partial charge in [-0.2, -0.15) is 0 Å². The number of thioether (sulfide) groups is 1. The molecule has 0 N–H and O–H groups in total. The van der Waals surface area contributed by atoms with Crippen LogP contribution in [0.25, 0.3) is 97.3 Å². The summed E-state index contributed by atoms with van der Waals surface area (Å²) in [5.74, 6) is 14.6. The average Bonchev–Trinajstić information content (AvgIpc) is 4.41. The van der Waals surface area contributed by atoms with Crippen molar-refractivity contribution in [2.75, 3.05) is 0 Å². The second-order valence-electron chi connectivity index (χ2n) is 32.4. The van der Waals surface area contributed by atoms with Gasteiger partial charge in [0.2, 0.25) is 0 Å². The van der Waals surface area contributed by atoms with Gasteiger partial charge in [0, 0.05) is 10.3 Å². The quantitative estimate of drug-likeness (QED) is 0.158. The van der Waals surface area contributed by atoms with Gasteiger partial charge in [0.1, 0.15) is 0 Å². The van der Waals surface area contributed by atoms with Crippen molar-refractivity contribution in [3.05, 3.63) is 140 Å². The first kappa shape index (κ1) is 31.8. The number of rotatable bonds is 4. The lowest BCUT2D eigenvalue weighted by Crippen LogP contribution is -2.62. The lowest BCUT2D eigenvalue weighted by atomic mass is 9.39. The molecule has 2 spiro atoms. The fraction of sp³-hybridized carbons (Fsp3) is 0.405. The fourth-order valence-electron chi connectivity index (χ4n) is 33.2. The Morgan fingerprint density at radius 3 is 1.09 bits per heavy atom. The van der Waals surface area contributed by atoms with E-state index in [2.05, 4.69) is 96.1 Å². The molecule has 22 aliphatic carbocycles. The first-order valence-corrected chi connectivity index (χ1v) is 31.9. The molecule has 1 aliphatic heterocycles. The first-order valence-electron chi connectivity index (χ1n) is 31.1. The lowest BCUT2D eigenvalue weighted by molar-refractivity contribution is 0.0341. The number of fused-ring (bicyclic) bond motifs is 1. The van der Waals surface area contributed by atoms with Crippen LogP contribution in [-0.2, 0) is 23.0 Å². The van der Waals surface area contributed by atoms with Gasteiger partial charge in [0.25, 0.3) is 0 Å². The molecule has 34 rings (SSSR count). The van der Waals surface area contributed by atoms with Crippen LogP contribution in [0.4, 0.5) is 0 Å². The van der Waals surface area contributed by atoms with E-state index in [0.29, 0.717) is 130 Å². The summed E-state index contributed by atoms with van der Waals surface area (Å²) in [7, 11) is 0. The minimum Gasteiger partial charge on any atom is -0.112 e. The van der Waals surface area contributed by atoms with E-state index in [0.717, 1.165) is 0 Å². The summed E-state index contributed by atoms with van der Waals surface area (Å²) < 4.78 is 0.0467. The Kier molecular flexibility index (Phi) is 3.21. The van der Waals surface area contributed by atoms with Crippen LogP contribution < -0.4 is 0 Å². The van der Waals surface area contributed by atoms with Crippen molar-refractivity contribution < 1.29 is 0 Å². The Balaban J connectivity index is 0.973. The molecule has 22 unspecified atom stereocenters. The van der Waals surface area contributed by atoms with Gasteiger partial charge < -0.3 is 0 Å². The van der Waals surface area contributed by atoms with E-state index >= 15 is 0 Å². The molecule has 0 saturated heterocycles. The van der Waals surface area contributed by atoms with Gasteiger partial charge in [-0.15, -0.1) is 11.8 Å². The third-order valence-electron chi connectivity index (χ3n) is 31.7. The maximum absolute atomic E-state index is 3.04. The van der Waals surface area contributed by atoms with E-state index in [1.54, 1.807) is 11.1 Å². The van der Waals surface area contributed by atoms with Crippen LogP contribution in [0.3, 0.4) is 0 Å². The predicted octanol–water partition coefficient (Wildman–Crippen LogP) is 16.9. The summed E-state index contributed by atoms with van der Waals surface area (Å²) in [6.07, 6.45) is 2.44. The highest BCUT2D eigenvalue weighted by Gasteiger charge is 2.89. The average molecular weight is 961 g/mol. The van der Waals surface area contributed by atoms with Crippen LogP contribution in [0.5, 0.6) is 0 Å². The molecule has 0 aromatic heterocycles. The molecule has 11 aromatic carbocycles. The van der Waals surface area contributed by atoms with Crippen LogP contribution in [0.2, 0.25) is 0 Å². The summed E-state index contributed by atoms with van der Waals surface area (Å²) in [5.41, 5.74) is 50.2. The molecule has 11 aromatic rings. The SMILES string of the molecule is CC(C)Cc1cc(CC(C)C)c2c(c1)C13c4c5c6c7c8c9c%10c%11c%12c%13c%14c%15c(c%16c%13c%10c7c4-%16)C1(S2)C1C%15C2c4c7c%10c%13c%15c%16c%17c%18c%19c%20c%21c%22c%23c(c4c4c%22c%19c%16c%104)C2C%14C%12C%23C%21C%11C9C%20C%18C8C6C%17C%15C5C3C%13C71. The third kappa shape index (κ3) is 1.88. The molecule has 0 radical (unpaired) electrons. The van der Waals surface area contributed by atoms with Crippen molar-refractivity contribution in [2.24, 2.45) is 23.7 Å². The van der Waals surface area contributed by atoms with E-state index in [1.807, 2.05) is 175 Å². The zero-order valence-corrected chi connectivity index (χ0v) is 42.5. The summed E-state index contributed by atoms with van der Waals surface area (Å²) >= 11 is 2.65. The molecule has 1 heterocycles. The summed E-state index contributed by atoms with van der Waals surface area (Å²) in [4.78, 5) is 1.83. The monoisotopic (exact) mass is 960 g/mol. The highest BCUT2D eigenvalue weighted by molar-refractivity contribution is 8.00. The van der Waals surface area contributed by atoms with Gasteiger partial charge in [0.05, 0.1) is 4.75 Å². The molecule has 1 saturated carbocycles. The molecule has 1 heteroatoms. The molecule has 75 heavy (non-hydrogen) atoms. The molecule has 23 aliphatic rings. The Morgan fingerprint density at radius 1 is 0.333 bits per heavy atom. The highest BCUT2D eigenvalue weighted by Crippen LogP contribution is 3.01. The topological polar surface area (TPSA) is 0 Å². The molecule has 342 valence electrons. The zero-order chi connectivity index (χ0) is 45.5. The van der Waals surface area contributed by atoms with Crippen molar-refractivity contribution in [1.82, 2.24) is 0 Å². The van der Waals surface area contributed by atoms with E-state index in [1.165, 1.54) is 12.8 Å². The van der Waals surface area contributed by atoms with Gasteiger partial charge >= 0.3 is 0 Å². The fourth-order valence-corrected chi connectivity index (χ4v) is 35.4. The third-order valence-corrected chi connectivity index (χ3v) is 33.5. The number of hydrogen-bond donors (Lipinski definition) is 0. The van der Waals surface area contributed by atoms with Crippen molar-refractivity contribution in [1.29, 1.82) is 0 Å². The standard InChI is InChI=1S/C74H40S/c1-9(2)5-11-7-12(6-10(3)4)72-13(8-11)73-68-60-52-42-32-24-16-14-15-18-22-20(16)28-36-30(22)40-34-26(18)27-19(15)23-21-17(14)25(24)33-39-29(21)37-31(23)41-35(27)45-44(34)56-50(40)58-48(36)54(46(52)38(28)32)62(68)64(58)70-66(56)67-57(45)51(41)59-49(37)55-47(39)53(43(33)42)61(60)69(73)63(55)65(59)71(67)74(70,73)75-72/h7-10,16,18,20,22,24,26,32,34,42-45,53,57,61,63,65,67,69,71H,5-6H2,1-4H3. The summed E-state index contributed by atoms with van der Waals surface area (Å²) in [6.45, 7) is 10.2. The number of hydrogen-bond acceptors (Lipinski definition) is 1. The smallest absolute Gasteiger partial charge is 0.0645 e. The van der Waals surface area contributed by atoms with E-state index in [9.17, 15) is 0 Å². The largest absolute Gasteiger partial charge is 0.112 e. The first-order chi connectivity index (χ1) is 37.0. The van der Waals surface area contributed by atoms with E-state index in [-0.39, 0.29) is 10.2 Å². The maximum Gasteiger partial charge on any atom is 0.0645 e. The van der Waals surface area contributed by atoms with Crippen molar-refractivity contribution in [3.63, 3.8) is 0 Å². The zero-order valence-electron chi connectivity index (χ0n) is 41.7. The molecule has 22 atom stereocenters. The van der Waals surface area contributed by atoms with Crippen LogP contribution in [0.15, 0.2) is 17.0 Å². The van der Waals surface area contributed by atoms with Crippen molar-refractivity contribution >= 4 is 97.9 Å². The maximum atomic E-state index is 3.04. The van der Waals surface area contributed by atoms with Gasteiger partial charge in [0.15, 0.2) is 0 Å². The Labute approximate surface area is 432 Å². The van der Waals surface area contributed by atoms with Crippen LogP contribution in [-0.4, -0.2) is 0 Å². The summed E-state index contributed by atoms with van der Waals surface area (Å²) in [5, 5.41) is 30.9. The van der Waals surface area contributed by atoms with Gasteiger partial charge in [-0.05, 0) is 368 Å². The van der Waals surface area contributed by atoms with Gasteiger partial charge in [-0.1, -0.05) is 39.8 Å². The molecular formula is C74H40S. The molecule has 0 amide bonds. The van der Waals surface area contributed by atoms with Gasteiger partial charge in [-0.3, -0.25) is 0 Å². The van der Waals surface area contributed by atoms with Crippen molar-refractivity contribution in [2.45, 2.75) is 162 Å². The minimum atomic E-state index is 0.0132. The highest BCUT2D eigenvalue weighted by atomic mass is 32.2. The Morgan fingerprint density at radius 2 is 0.653 bits per heavy atom. The van der Waals surface area contributed by atoms with Crippen LogP contribution in [0.1, 0.15) is 262 Å². The molecule has 1 fully saturated rings. The molecular weight excluding hydrogens is 921 g/mol. The Bertz CT molecular complexity index is 5630. The molecule has 0 nitrogen and oxygen atoms in total. The van der Waals surface area contributed by atoms with E-state index < -0.39 is 0 Å². The number of benzene rings is 10. The van der Waals surface area contributed by atoms with Gasteiger partial charge in [-0.25, -0.2) is 0 Å². The predicted molar refractivity (Wildman–Crippen MR) is 294 cm³/mol. The van der Waals surface area contributed by atoms with Crippen LogP contribution >= 0.6 is 11.8 Å². The lowest BCUT2D eigenvalue weighted by Gasteiger charge is -2.65.